The number of aryl methyl sites for hydroxylation is 1. The molecule has 1 aromatic heterocycles. The maximum atomic E-state index is 3.66. The molecule has 1 saturated carbocycles. The Labute approximate surface area is 110 Å². The first kappa shape index (κ1) is 13.1. The third-order valence-electron chi connectivity index (χ3n) is 4.03. The lowest BCUT2D eigenvalue weighted by molar-refractivity contribution is 0.250. The van der Waals surface area contributed by atoms with E-state index in [-0.39, 0.29) is 0 Å². The molecule has 0 aromatic carbocycles. The van der Waals surface area contributed by atoms with Gasteiger partial charge in [-0.05, 0) is 42.5 Å². The van der Waals surface area contributed by atoms with Gasteiger partial charge < -0.3 is 5.32 Å². The molecular formula is C15H25NS. The number of hydrogen-bond acceptors (Lipinski definition) is 2. The first-order chi connectivity index (χ1) is 8.20. The second-order valence-corrected chi connectivity index (χ2v) is 6.85. The van der Waals surface area contributed by atoms with E-state index >= 15 is 0 Å². The van der Waals surface area contributed by atoms with Crippen molar-refractivity contribution in [2.45, 2.75) is 58.4 Å². The van der Waals surface area contributed by atoms with Crippen LogP contribution in [-0.2, 0) is 6.42 Å². The van der Waals surface area contributed by atoms with Gasteiger partial charge in [-0.3, -0.25) is 0 Å². The van der Waals surface area contributed by atoms with Gasteiger partial charge in [0.15, 0.2) is 0 Å². The summed E-state index contributed by atoms with van der Waals surface area (Å²) in [6.45, 7) is 5.72. The molecule has 1 fully saturated rings. The van der Waals surface area contributed by atoms with Crippen LogP contribution in [0.2, 0.25) is 0 Å². The van der Waals surface area contributed by atoms with Crippen molar-refractivity contribution >= 4 is 11.3 Å². The summed E-state index contributed by atoms with van der Waals surface area (Å²) in [5, 5.41) is 5.86. The van der Waals surface area contributed by atoms with Gasteiger partial charge in [-0.25, -0.2) is 0 Å². The second-order valence-electron chi connectivity index (χ2n) is 5.82. The van der Waals surface area contributed by atoms with Gasteiger partial charge >= 0.3 is 0 Å². The van der Waals surface area contributed by atoms with E-state index in [9.17, 15) is 0 Å². The van der Waals surface area contributed by atoms with E-state index in [0.29, 0.717) is 11.5 Å². The molecule has 1 aliphatic rings. The number of rotatable bonds is 6. The molecule has 0 radical (unpaired) electrons. The molecule has 2 rings (SSSR count). The summed E-state index contributed by atoms with van der Waals surface area (Å²) in [4.78, 5) is 1.56. The zero-order valence-corrected chi connectivity index (χ0v) is 12.0. The van der Waals surface area contributed by atoms with Crippen molar-refractivity contribution in [1.29, 1.82) is 0 Å². The maximum absolute atomic E-state index is 3.66. The van der Waals surface area contributed by atoms with E-state index in [2.05, 4.69) is 36.7 Å². The minimum atomic E-state index is 0.592. The Balaban J connectivity index is 1.87. The summed E-state index contributed by atoms with van der Waals surface area (Å²) in [6, 6.07) is 5.07. The average molecular weight is 251 g/mol. The minimum absolute atomic E-state index is 0.592. The molecule has 0 amide bonds. The number of thiophene rings is 1. The Morgan fingerprint density at radius 2 is 2.12 bits per heavy atom. The average Bonchev–Trinajstić information content (AvgIpc) is 2.96. The highest BCUT2D eigenvalue weighted by molar-refractivity contribution is 7.09. The largest absolute Gasteiger partial charge is 0.314 e. The molecule has 96 valence electrons. The van der Waals surface area contributed by atoms with Crippen molar-refractivity contribution in [1.82, 2.24) is 5.32 Å². The predicted octanol–water partition coefficient (Wildman–Crippen LogP) is 4.24. The third kappa shape index (κ3) is 3.82. The van der Waals surface area contributed by atoms with Gasteiger partial charge in [0.2, 0.25) is 0 Å². The molecule has 1 heterocycles. The lowest BCUT2D eigenvalue weighted by Crippen LogP contribution is -2.36. The number of nitrogens with one attached hydrogen (secondary N) is 1. The molecule has 0 bridgehead atoms. The van der Waals surface area contributed by atoms with Gasteiger partial charge in [0.05, 0.1) is 0 Å². The standard InChI is InChI=1S/C15H25NS/c1-13(2)16-12-15(8-3-4-9-15)10-7-14-6-5-11-17-14/h5-6,11,13,16H,3-4,7-10,12H2,1-2H3. The summed E-state index contributed by atoms with van der Waals surface area (Å²) in [5.41, 5.74) is 0.592. The van der Waals surface area contributed by atoms with Crippen LogP contribution in [0.3, 0.4) is 0 Å². The summed E-state index contributed by atoms with van der Waals surface area (Å²) >= 11 is 1.91. The smallest absolute Gasteiger partial charge is 0.00454 e. The van der Waals surface area contributed by atoms with E-state index < -0.39 is 0 Å². The van der Waals surface area contributed by atoms with Crippen molar-refractivity contribution in [2.75, 3.05) is 6.54 Å². The van der Waals surface area contributed by atoms with E-state index in [0.717, 1.165) is 0 Å². The van der Waals surface area contributed by atoms with Gasteiger partial charge in [-0.15, -0.1) is 11.3 Å². The second kappa shape index (κ2) is 6.01. The monoisotopic (exact) mass is 251 g/mol. The summed E-state index contributed by atoms with van der Waals surface area (Å²) < 4.78 is 0. The van der Waals surface area contributed by atoms with Gasteiger partial charge in [-0.1, -0.05) is 32.8 Å². The SMILES string of the molecule is CC(C)NCC1(CCc2cccs2)CCCC1. The van der Waals surface area contributed by atoms with E-state index in [1.54, 1.807) is 4.88 Å². The van der Waals surface area contributed by atoms with Crippen LogP contribution >= 0.6 is 11.3 Å². The normalized spacial score (nSPS) is 19.0. The van der Waals surface area contributed by atoms with Gasteiger partial charge in [0.1, 0.15) is 0 Å². The molecule has 0 spiro atoms. The van der Waals surface area contributed by atoms with Crippen LogP contribution < -0.4 is 5.32 Å². The first-order valence-corrected chi connectivity index (χ1v) is 7.84. The Morgan fingerprint density at radius 1 is 1.35 bits per heavy atom. The summed E-state index contributed by atoms with van der Waals surface area (Å²) in [7, 11) is 0. The van der Waals surface area contributed by atoms with Crippen molar-refractivity contribution in [3.05, 3.63) is 22.4 Å². The Bertz CT molecular complexity index is 310. The molecule has 1 N–H and O–H groups in total. The van der Waals surface area contributed by atoms with Crippen LogP contribution in [0.15, 0.2) is 17.5 Å². The van der Waals surface area contributed by atoms with E-state index in [1.165, 1.54) is 45.1 Å². The Kier molecular flexibility index (Phi) is 4.63. The molecule has 2 heteroatoms. The molecule has 0 unspecified atom stereocenters. The molecule has 17 heavy (non-hydrogen) atoms. The fraction of sp³-hybridized carbons (Fsp3) is 0.733. The molecule has 0 aliphatic heterocycles. The highest BCUT2D eigenvalue weighted by Gasteiger charge is 2.33. The predicted molar refractivity (Wildman–Crippen MR) is 76.7 cm³/mol. The lowest BCUT2D eigenvalue weighted by atomic mass is 9.81. The summed E-state index contributed by atoms with van der Waals surface area (Å²) in [5.74, 6) is 0. The fourth-order valence-corrected chi connectivity index (χ4v) is 3.61. The van der Waals surface area contributed by atoms with Crippen LogP contribution in [0.5, 0.6) is 0 Å². The highest BCUT2D eigenvalue weighted by Crippen LogP contribution is 2.41. The van der Waals surface area contributed by atoms with Crippen molar-refractivity contribution in [3.63, 3.8) is 0 Å². The highest BCUT2D eigenvalue weighted by atomic mass is 32.1. The van der Waals surface area contributed by atoms with Crippen LogP contribution in [0.1, 0.15) is 50.8 Å². The van der Waals surface area contributed by atoms with Crippen LogP contribution in [0.25, 0.3) is 0 Å². The van der Waals surface area contributed by atoms with Gasteiger partial charge in [-0.2, -0.15) is 0 Å². The van der Waals surface area contributed by atoms with Crippen LogP contribution in [0, 0.1) is 5.41 Å². The van der Waals surface area contributed by atoms with E-state index in [4.69, 9.17) is 0 Å². The van der Waals surface area contributed by atoms with Crippen LogP contribution in [-0.4, -0.2) is 12.6 Å². The Morgan fingerprint density at radius 3 is 2.71 bits per heavy atom. The van der Waals surface area contributed by atoms with Crippen molar-refractivity contribution < 1.29 is 0 Å². The van der Waals surface area contributed by atoms with E-state index in [1.807, 2.05) is 11.3 Å². The zero-order valence-electron chi connectivity index (χ0n) is 11.2. The van der Waals surface area contributed by atoms with Crippen molar-refractivity contribution in [3.8, 4) is 0 Å². The zero-order chi connectivity index (χ0) is 12.1. The van der Waals surface area contributed by atoms with Crippen LogP contribution in [0.4, 0.5) is 0 Å². The third-order valence-corrected chi connectivity index (χ3v) is 4.97. The molecule has 1 nitrogen and oxygen atoms in total. The molecule has 1 aromatic rings. The molecular weight excluding hydrogens is 226 g/mol. The van der Waals surface area contributed by atoms with Gasteiger partial charge in [0, 0.05) is 17.5 Å². The quantitative estimate of drug-likeness (QED) is 0.797. The topological polar surface area (TPSA) is 12.0 Å². The first-order valence-electron chi connectivity index (χ1n) is 6.96. The van der Waals surface area contributed by atoms with Gasteiger partial charge in [0.25, 0.3) is 0 Å². The number of hydrogen-bond donors (Lipinski definition) is 1. The lowest BCUT2D eigenvalue weighted by Gasteiger charge is -2.30. The summed E-state index contributed by atoms with van der Waals surface area (Å²) in [6.07, 6.45) is 8.37. The molecule has 0 saturated heterocycles. The fourth-order valence-electron chi connectivity index (χ4n) is 2.90. The van der Waals surface area contributed by atoms with Crippen molar-refractivity contribution in [2.24, 2.45) is 5.41 Å². The maximum Gasteiger partial charge on any atom is 0.00454 e. The minimum Gasteiger partial charge on any atom is -0.314 e. The molecule has 0 atom stereocenters. The molecule has 1 aliphatic carbocycles. The Hall–Kier alpha value is -0.340.